The van der Waals surface area contributed by atoms with E-state index >= 15 is 0 Å². The fourth-order valence-corrected chi connectivity index (χ4v) is 5.07. The van der Waals surface area contributed by atoms with Crippen LogP contribution in [0.5, 0.6) is 0 Å². The predicted octanol–water partition coefficient (Wildman–Crippen LogP) is 6.80. The third-order valence-corrected chi connectivity index (χ3v) is 6.33. The van der Waals surface area contributed by atoms with Gasteiger partial charge in [0.2, 0.25) is 0 Å². The summed E-state index contributed by atoms with van der Waals surface area (Å²) in [4.78, 5) is 0. The van der Waals surface area contributed by atoms with Gasteiger partial charge in [0.15, 0.2) is 0 Å². The zero-order chi connectivity index (χ0) is 18.8. The van der Waals surface area contributed by atoms with Crippen LogP contribution in [0.4, 0.5) is 0 Å². The number of hydrogen-bond acceptors (Lipinski definition) is 0. The Bertz CT molecular complexity index is 1400. The SMILES string of the molecule is CC1CC=Cc2c1n(C)c1cc3c4ccccc4n(-c4ccccc4)c3cc21. The number of benzene rings is 3. The lowest BCUT2D eigenvalue weighted by atomic mass is 9.93. The molecular weight excluding hydrogens is 340 g/mol. The highest BCUT2D eigenvalue weighted by atomic mass is 15.0. The van der Waals surface area contributed by atoms with Gasteiger partial charge >= 0.3 is 0 Å². The van der Waals surface area contributed by atoms with E-state index in [9.17, 15) is 0 Å². The van der Waals surface area contributed by atoms with E-state index < -0.39 is 0 Å². The molecule has 1 aliphatic carbocycles. The quantitative estimate of drug-likeness (QED) is 0.310. The molecule has 0 amide bonds. The topological polar surface area (TPSA) is 9.86 Å². The van der Waals surface area contributed by atoms with E-state index in [-0.39, 0.29) is 0 Å². The Balaban J connectivity index is 1.82. The monoisotopic (exact) mass is 362 g/mol. The summed E-state index contributed by atoms with van der Waals surface area (Å²) in [5, 5.41) is 3.99. The van der Waals surface area contributed by atoms with Gasteiger partial charge in [-0.15, -0.1) is 0 Å². The summed E-state index contributed by atoms with van der Waals surface area (Å²) in [6.07, 6.45) is 5.76. The van der Waals surface area contributed by atoms with E-state index in [1.54, 1.807) is 0 Å². The molecule has 5 aromatic rings. The third kappa shape index (κ3) is 1.98. The van der Waals surface area contributed by atoms with Crippen LogP contribution in [0.15, 0.2) is 72.8 Å². The van der Waals surface area contributed by atoms with Crippen molar-refractivity contribution in [2.24, 2.45) is 7.05 Å². The summed E-state index contributed by atoms with van der Waals surface area (Å²) in [7, 11) is 2.22. The largest absolute Gasteiger partial charge is 0.347 e. The fourth-order valence-electron chi connectivity index (χ4n) is 5.07. The summed E-state index contributed by atoms with van der Waals surface area (Å²) in [6.45, 7) is 2.33. The van der Waals surface area contributed by atoms with Crippen molar-refractivity contribution in [3.63, 3.8) is 0 Å². The van der Waals surface area contributed by atoms with Gasteiger partial charge in [0, 0.05) is 51.6 Å². The van der Waals surface area contributed by atoms with Gasteiger partial charge in [0.05, 0.1) is 11.0 Å². The molecule has 1 aliphatic rings. The molecule has 0 N–H and O–H groups in total. The van der Waals surface area contributed by atoms with Gasteiger partial charge in [-0.3, -0.25) is 0 Å². The smallest absolute Gasteiger partial charge is 0.0548 e. The van der Waals surface area contributed by atoms with E-state index in [1.165, 1.54) is 49.7 Å². The summed E-state index contributed by atoms with van der Waals surface area (Å²) in [6, 6.07) is 24.2. The van der Waals surface area contributed by atoms with Gasteiger partial charge in [-0.05, 0) is 36.8 Å². The van der Waals surface area contributed by atoms with Crippen LogP contribution in [-0.2, 0) is 7.05 Å². The highest BCUT2D eigenvalue weighted by Crippen LogP contribution is 2.40. The Kier molecular flexibility index (Phi) is 3.16. The molecule has 6 rings (SSSR count). The Morgan fingerprint density at radius 1 is 0.786 bits per heavy atom. The number of nitrogens with zero attached hydrogens (tertiary/aromatic N) is 2. The van der Waals surface area contributed by atoms with Crippen LogP contribution < -0.4 is 0 Å². The number of aryl methyl sites for hydroxylation is 1. The number of rotatable bonds is 1. The molecule has 2 heterocycles. The molecule has 136 valence electrons. The molecule has 0 aliphatic heterocycles. The second-order valence-corrected chi connectivity index (χ2v) is 7.97. The van der Waals surface area contributed by atoms with Crippen LogP contribution >= 0.6 is 0 Å². The molecular formula is C26H22N2. The lowest BCUT2D eigenvalue weighted by Crippen LogP contribution is -2.04. The van der Waals surface area contributed by atoms with Gasteiger partial charge in [-0.2, -0.15) is 0 Å². The average Bonchev–Trinajstić information content (AvgIpc) is 3.20. The Hall–Kier alpha value is -3.26. The van der Waals surface area contributed by atoms with Gasteiger partial charge in [-0.1, -0.05) is 55.5 Å². The molecule has 2 aromatic heterocycles. The number of fused-ring (bicyclic) bond motifs is 6. The van der Waals surface area contributed by atoms with Crippen molar-refractivity contribution in [3.8, 4) is 5.69 Å². The maximum atomic E-state index is 2.41. The predicted molar refractivity (Wildman–Crippen MR) is 119 cm³/mol. The molecule has 0 saturated heterocycles. The minimum atomic E-state index is 0.560. The summed E-state index contributed by atoms with van der Waals surface area (Å²) < 4.78 is 4.81. The molecule has 0 spiro atoms. The minimum absolute atomic E-state index is 0.560. The highest BCUT2D eigenvalue weighted by molar-refractivity contribution is 6.14. The third-order valence-electron chi connectivity index (χ3n) is 6.33. The second kappa shape index (κ2) is 5.62. The highest BCUT2D eigenvalue weighted by Gasteiger charge is 2.22. The zero-order valence-electron chi connectivity index (χ0n) is 16.2. The molecule has 3 aromatic carbocycles. The van der Waals surface area contributed by atoms with Crippen molar-refractivity contribution < 1.29 is 0 Å². The first-order chi connectivity index (χ1) is 13.7. The number of hydrogen-bond donors (Lipinski definition) is 0. The summed E-state index contributed by atoms with van der Waals surface area (Å²) in [5.74, 6) is 0.560. The van der Waals surface area contributed by atoms with Gasteiger partial charge in [0.25, 0.3) is 0 Å². The molecule has 28 heavy (non-hydrogen) atoms. The first-order valence-electron chi connectivity index (χ1n) is 10.0. The maximum absolute atomic E-state index is 2.41. The van der Waals surface area contributed by atoms with E-state index in [2.05, 4.69) is 102 Å². The van der Waals surface area contributed by atoms with Crippen molar-refractivity contribution >= 4 is 38.8 Å². The molecule has 0 radical (unpaired) electrons. The van der Waals surface area contributed by atoms with Gasteiger partial charge in [-0.25, -0.2) is 0 Å². The van der Waals surface area contributed by atoms with Crippen molar-refractivity contribution in [1.29, 1.82) is 0 Å². The van der Waals surface area contributed by atoms with Gasteiger partial charge < -0.3 is 9.13 Å². The summed E-state index contributed by atoms with van der Waals surface area (Å²) in [5.41, 5.74) is 7.93. The first-order valence-corrected chi connectivity index (χ1v) is 10.0. The number of allylic oxidation sites excluding steroid dienone is 1. The Morgan fingerprint density at radius 3 is 2.39 bits per heavy atom. The van der Waals surface area contributed by atoms with Crippen molar-refractivity contribution in [1.82, 2.24) is 9.13 Å². The molecule has 0 fully saturated rings. The fraction of sp³-hybridized carbons (Fsp3) is 0.154. The van der Waals surface area contributed by atoms with E-state index in [0.29, 0.717) is 5.92 Å². The lowest BCUT2D eigenvalue weighted by Gasteiger charge is -2.16. The zero-order valence-corrected chi connectivity index (χ0v) is 16.2. The summed E-state index contributed by atoms with van der Waals surface area (Å²) >= 11 is 0. The lowest BCUT2D eigenvalue weighted by molar-refractivity contribution is 0.697. The second-order valence-electron chi connectivity index (χ2n) is 7.97. The van der Waals surface area contributed by atoms with Crippen molar-refractivity contribution in [3.05, 3.63) is 84.1 Å². The molecule has 1 atom stereocenters. The first kappa shape index (κ1) is 15.8. The van der Waals surface area contributed by atoms with Crippen LogP contribution in [0, 0.1) is 0 Å². The van der Waals surface area contributed by atoms with Crippen molar-refractivity contribution in [2.75, 3.05) is 0 Å². The van der Waals surface area contributed by atoms with E-state index in [4.69, 9.17) is 0 Å². The van der Waals surface area contributed by atoms with E-state index in [0.717, 1.165) is 6.42 Å². The Morgan fingerprint density at radius 2 is 1.54 bits per heavy atom. The van der Waals surface area contributed by atoms with Gasteiger partial charge in [0.1, 0.15) is 0 Å². The van der Waals surface area contributed by atoms with Crippen LogP contribution in [0.25, 0.3) is 44.5 Å². The van der Waals surface area contributed by atoms with Crippen LogP contribution in [-0.4, -0.2) is 9.13 Å². The number of para-hydroxylation sites is 2. The van der Waals surface area contributed by atoms with Crippen LogP contribution in [0.3, 0.4) is 0 Å². The molecule has 0 bridgehead atoms. The standard InChI is InChI=1S/C26H22N2/c1-17-9-8-13-20-22-16-25-21(15-24(22)27(2)26(17)20)19-12-6-7-14-23(19)28(25)18-10-4-3-5-11-18/h3-8,10-17H,9H2,1-2H3. The van der Waals surface area contributed by atoms with Crippen LogP contribution in [0.1, 0.15) is 30.5 Å². The van der Waals surface area contributed by atoms with E-state index in [1.807, 2.05) is 0 Å². The molecule has 2 heteroatoms. The van der Waals surface area contributed by atoms with Crippen LogP contribution in [0.2, 0.25) is 0 Å². The normalized spacial score (nSPS) is 16.3. The number of aromatic nitrogens is 2. The minimum Gasteiger partial charge on any atom is -0.347 e. The molecule has 0 saturated carbocycles. The molecule has 2 nitrogen and oxygen atoms in total. The average molecular weight is 362 g/mol. The molecule has 1 unspecified atom stereocenters. The Labute approximate surface area is 164 Å². The maximum Gasteiger partial charge on any atom is 0.0548 e. The van der Waals surface area contributed by atoms with Crippen molar-refractivity contribution in [2.45, 2.75) is 19.3 Å².